The van der Waals surface area contributed by atoms with Crippen LogP contribution in [0.15, 0.2) is 16.5 Å². The molecule has 0 saturated carbocycles. The Morgan fingerprint density at radius 2 is 2.13 bits per heavy atom. The van der Waals surface area contributed by atoms with Crippen LogP contribution >= 0.6 is 0 Å². The van der Waals surface area contributed by atoms with E-state index in [0.717, 1.165) is 32.2 Å². The molecule has 1 fully saturated rings. The normalized spacial score (nSPS) is 16.5. The predicted molar refractivity (Wildman–Crippen MR) is 56.0 cm³/mol. The van der Waals surface area contributed by atoms with Crippen LogP contribution in [-0.4, -0.2) is 32.2 Å². The van der Waals surface area contributed by atoms with Gasteiger partial charge in [-0.05, 0) is 0 Å². The molecule has 1 aromatic rings. The van der Waals surface area contributed by atoms with E-state index in [4.69, 9.17) is 9.15 Å². The summed E-state index contributed by atoms with van der Waals surface area (Å²) in [4.78, 5) is 12.9. The molecule has 0 aromatic carbocycles. The molecule has 2 rings (SSSR count). The molecule has 0 aliphatic carbocycles. The number of nitrogens with one attached hydrogen (secondary N) is 1. The minimum Gasteiger partial charge on any atom is -0.425 e. The number of rotatable bonds is 2. The first-order valence-electron chi connectivity index (χ1n) is 4.96. The predicted octanol–water partition coefficient (Wildman–Crippen LogP) is 1.07. The average molecular weight is 210 g/mol. The molecule has 0 atom stereocenters. The highest BCUT2D eigenvalue weighted by molar-refractivity contribution is 5.87. The standard InChI is InChI=1S/C10H14N2O3/c1-8(13)11-9-2-3-10(15-9)12-4-6-14-7-5-12/h2-3H,4-7H2,1H3,(H,11,13). The SMILES string of the molecule is CC(=O)Nc1ccc(N2CCOCC2)o1. The van der Waals surface area contributed by atoms with E-state index in [2.05, 4.69) is 10.2 Å². The number of carbonyl (C=O) groups excluding carboxylic acids is 1. The van der Waals surface area contributed by atoms with Crippen LogP contribution in [0, 0.1) is 0 Å². The van der Waals surface area contributed by atoms with Crippen molar-refractivity contribution in [3.63, 3.8) is 0 Å². The Hall–Kier alpha value is -1.49. The van der Waals surface area contributed by atoms with Gasteiger partial charge in [0.05, 0.1) is 13.2 Å². The Kier molecular flexibility index (Phi) is 2.91. The summed E-state index contributed by atoms with van der Waals surface area (Å²) >= 11 is 0. The minimum atomic E-state index is -0.127. The lowest BCUT2D eigenvalue weighted by atomic mass is 10.4. The molecule has 1 aromatic heterocycles. The zero-order chi connectivity index (χ0) is 10.7. The molecule has 1 aliphatic rings. The molecule has 1 amide bonds. The second-order valence-electron chi connectivity index (χ2n) is 3.42. The molecule has 15 heavy (non-hydrogen) atoms. The first-order chi connectivity index (χ1) is 7.25. The number of hydrogen-bond acceptors (Lipinski definition) is 4. The second-order valence-corrected chi connectivity index (χ2v) is 3.42. The van der Waals surface area contributed by atoms with E-state index in [1.165, 1.54) is 6.92 Å². The third-order valence-corrected chi connectivity index (χ3v) is 2.21. The van der Waals surface area contributed by atoms with Crippen molar-refractivity contribution in [1.82, 2.24) is 0 Å². The number of anilines is 2. The summed E-state index contributed by atoms with van der Waals surface area (Å²) in [6, 6.07) is 3.61. The van der Waals surface area contributed by atoms with Gasteiger partial charge >= 0.3 is 0 Å². The molecule has 0 unspecified atom stereocenters. The maximum atomic E-state index is 10.8. The molecule has 2 heterocycles. The van der Waals surface area contributed by atoms with Gasteiger partial charge in [0.25, 0.3) is 0 Å². The number of carbonyl (C=O) groups is 1. The molecule has 1 saturated heterocycles. The molecule has 0 radical (unpaired) electrons. The molecule has 0 spiro atoms. The fourth-order valence-electron chi connectivity index (χ4n) is 1.52. The number of ether oxygens (including phenoxy) is 1. The largest absolute Gasteiger partial charge is 0.425 e. The zero-order valence-electron chi connectivity index (χ0n) is 8.66. The minimum absolute atomic E-state index is 0.127. The number of furan rings is 1. The summed E-state index contributed by atoms with van der Waals surface area (Å²) < 4.78 is 10.7. The summed E-state index contributed by atoms with van der Waals surface area (Å²) in [6.45, 7) is 4.54. The third-order valence-electron chi connectivity index (χ3n) is 2.21. The van der Waals surface area contributed by atoms with Crippen molar-refractivity contribution >= 4 is 17.7 Å². The van der Waals surface area contributed by atoms with Crippen molar-refractivity contribution in [2.75, 3.05) is 36.5 Å². The highest BCUT2D eigenvalue weighted by Gasteiger charge is 2.14. The highest BCUT2D eigenvalue weighted by atomic mass is 16.5. The molecule has 0 bridgehead atoms. The summed E-state index contributed by atoms with van der Waals surface area (Å²) in [5, 5.41) is 2.60. The molecule has 82 valence electrons. The lowest BCUT2D eigenvalue weighted by molar-refractivity contribution is -0.114. The van der Waals surface area contributed by atoms with Gasteiger partial charge in [0.2, 0.25) is 11.8 Å². The summed E-state index contributed by atoms with van der Waals surface area (Å²) in [5.74, 6) is 1.14. The van der Waals surface area contributed by atoms with E-state index in [1.54, 1.807) is 6.07 Å². The smallest absolute Gasteiger partial charge is 0.223 e. The van der Waals surface area contributed by atoms with Crippen LogP contribution < -0.4 is 10.2 Å². The zero-order valence-corrected chi connectivity index (χ0v) is 8.66. The van der Waals surface area contributed by atoms with Gasteiger partial charge in [-0.1, -0.05) is 0 Å². The number of morpholine rings is 1. The van der Waals surface area contributed by atoms with E-state index >= 15 is 0 Å². The van der Waals surface area contributed by atoms with Gasteiger partial charge in [-0.15, -0.1) is 0 Å². The Balaban J connectivity index is 2.02. The van der Waals surface area contributed by atoms with E-state index in [1.807, 2.05) is 6.07 Å². The Labute approximate surface area is 88.0 Å². The van der Waals surface area contributed by atoms with Crippen LogP contribution in [0.5, 0.6) is 0 Å². The number of nitrogens with zero attached hydrogens (tertiary/aromatic N) is 1. The lowest BCUT2D eigenvalue weighted by Gasteiger charge is -2.26. The average Bonchev–Trinajstić information content (AvgIpc) is 2.67. The van der Waals surface area contributed by atoms with E-state index in [9.17, 15) is 4.79 Å². The van der Waals surface area contributed by atoms with Gasteiger partial charge in [-0.2, -0.15) is 0 Å². The van der Waals surface area contributed by atoms with Crippen LogP contribution in [-0.2, 0) is 9.53 Å². The maximum Gasteiger partial charge on any atom is 0.223 e. The quantitative estimate of drug-likeness (QED) is 0.793. The molecule has 5 nitrogen and oxygen atoms in total. The van der Waals surface area contributed by atoms with Crippen LogP contribution in [0.2, 0.25) is 0 Å². The van der Waals surface area contributed by atoms with Crippen LogP contribution in [0.4, 0.5) is 11.8 Å². The van der Waals surface area contributed by atoms with Crippen LogP contribution in [0.1, 0.15) is 6.92 Å². The van der Waals surface area contributed by atoms with E-state index in [-0.39, 0.29) is 5.91 Å². The molecule has 1 N–H and O–H groups in total. The van der Waals surface area contributed by atoms with Crippen molar-refractivity contribution in [3.05, 3.63) is 12.1 Å². The van der Waals surface area contributed by atoms with Gasteiger partial charge in [0, 0.05) is 32.1 Å². The van der Waals surface area contributed by atoms with E-state index < -0.39 is 0 Å². The fraction of sp³-hybridized carbons (Fsp3) is 0.500. The summed E-state index contributed by atoms with van der Waals surface area (Å²) in [6.07, 6.45) is 0. The van der Waals surface area contributed by atoms with Gasteiger partial charge < -0.3 is 14.1 Å². The second kappa shape index (κ2) is 4.35. The highest BCUT2D eigenvalue weighted by Crippen LogP contribution is 2.22. The van der Waals surface area contributed by atoms with Crippen molar-refractivity contribution in [1.29, 1.82) is 0 Å². The van der Waals surface area contributed by atoms with Crippen molar-refractivity contribution in [2.45, 2.75) is 6.92 Å². The van der Waals surface area contributed by atoms with Gasteiger partial charge in [0.15, 0.2) is 5.88 Å². The molecule has 5 heteroatoms. The first kappa shape index (κ1) is 10.0. The van der Waals surface area contributed by atoms with Crippen molar-refractivity contribution < 1.29 is 13.9 Å². The van der Waals surface area contributed by atoms with Gasteiger partial charge in [-0.25, -0.2) is 0 Å². The lowest BCUT2D eigenvalue weighted by Crippen LogP contribution is -2.35. The van der Waals surface area contributed by atoms with Crippen molar-refractivity contribution in [3.8, 4) is 0 Å². The van der Waals surface area contributed by atoms with Crippen LogP contribution in [0.3, 0.4) is 0 Å². The van der Waals surface area contributed by atoms with Gasteiger partial charge in [-0.3, -0.25) is 10.1 Å². The number of amides is 1. The molecular weight excluding hydrogens is 196 g/mol. The van der Waals surface area contributed by atoms with Crippen molar-refractivity contribution in [2.24, 2.45) is 0 Å². The number of hydrogen-bond donors (Lipinski definition) is 1. The maximum absolute atomic E-state index is 10.8. The Morgan fingerprint density at radius 1 is 1.40 bits per heavy atom. The van der Waals surface area contributed by atoms with Crippen LogP contribution in [0.25, 0.3) is 0 Å². The first-order valence-corrected chi connectivity index (χ1v) is 4.96. The third kappa shape index (κ3) is 2.50. The Bertz CT molecular complexity index is 342. The topological polar surface area (TPSA) is 54.7 Å². The molecule has 1 aliphatic heterocycles. The fourth-order valence-corrected chi connectivity index (χ4v) is 1.52. The Morgan fingerprint density at radius 3 is 2.80 bits per heavy atom. The van der Waals surface area contributed by atoms with Gasteiger partial charge in [0.1, 0.15) is 0 Å². The van der Waals surface area contributed by atoms with E-state index in [0.29, 0.717) is 5.88 Å². The monoisotopic (exact) mass is 210 g/mol. The summed E-state index contributed by atoms with van der Waals surface area (Å²) in [7, 11) is 0. The summed E-state index contributed by atoms with van der Waals surface area (Å²) in [5.41, 5.74) is 0. The molecular formula is C10H14N2O3.